The van der Waals surface area contributed by atoms with Crippen molar-refractivity contribution in [2.24, 2.45) is 10.7 Å². The molecule has 0 amide bonds. The topological polar surface area (TPSA) is 141 Å². The van der Waals surface area contributed by atoms with Crippen molar-refractivity contribution in [2.75, 3.05) is 14.2 Å². The van der Waals surface area contributed by atoms with Crippen LogP contribution in [-0.2, 0) is 0 Å². The fourth-order valence-corrected chi connectivity index (χ4v) is 5.28. The summed E-state index contributed by atoms with van der Waals surface area (Å²) in [4.78, 5) is 33.0. The first-order valence-electron chi connectivity index (χ1n) is 12.4. The third-order valence-corrected chi connectivity index (χ3v) is 7.42. The molecule has 0 aliphatic rings. The Balaban J connectivity index is 1.69. The van der Waals surface area contributed by atoms with Gasteiger partial charge in [0.25, 0.3) is 10.8 Å². The zero-order valence-corrected chi connectivity index (χ0v) is 22.9. The van der Waals surface area contributed by atoms with Gasteiger partial charge in [-0.1, -0.05) is 41.7 Å². The summed E-state index contributed by atoms with van der Waals surface area (Å²) in [5.41, 5.74) is 8.85. The van der Waals surface area contributed by atoms with Crippen molar-refractivity contribution in [3.8, 4) is 27.9 Å². The number of fused-ring (bicyclic) bond motifs is 1. The van der Waals surface area contributed by atoms with Gasteiger partial charge in [-0.2, -0.15) is 0 Å². The van der Waals surface area contributed by atoms with Gasteiger partial charge in [0.2, 0.25) is 5.88 Å². The van der Waals surface area contributed by atoms with E-state index in [1.54, 1.807) is 36.2 Å². The quantitative estimate of drug-likeness (QED) is 0.198. The number of thiazole rings is 1. The van der Waals surface area contributed by atoms with Crippen LogP contribution in [0.2, 0.25) is 0 Å². The van der Waals surface area contributed by atoms with Gasteiger partial charge in [-0.3, -0.25) is 14.4 Å². The maximum atomic E-state index is 14.3. The average Bonchev–Trinajstić information content (AvgIpc) is 3.46. The molecule has 2 atom stereocenters. The number of para-hydroxylation sites is 1. The molecule has 5 rings (SSSR count). The number of pyridine rings is 1. The third-order valence-electron chi connectivity index (χ3n) is 6.38. The monoisotopic (exact) mass is 553 g/mol. The van der Waals surface area contributed by atoms with Crippen molar-refractivity contribution < 1.29 is 9.47 Å². The molecule has 202 valence electrons. The van der Waals surface area contributed by atoms with E-state index < -0.39 is 12.0 Å². The predicted molar refractivity (Wildman–Crippen MR) is 157 cm³/mol. The Hall–Kier alpha value is -4.90. The second kappa shape index (κ2) is 11.5. The second-order valence-electron chi connectivity index (χ2n) is 8.84. The van der Waals surface area contributed by atoms with E-state index in [-0.39, 0.29) is 11.4 Å². The van der Waals surface area contributed by atoms with Crippen LogP contribution >= 0.6 is 11.3 Å². The number of aromatic nitrogens is 4. The summed E-state index contributed by atoms with van der Waals surface area (Å²) in [6.45, 7) is 1.83. The third kappa shape index (κ3) is 5.06. The summed E-state index contributed by atoms with van der Waals surface area (Å²) in [5, 5.41) is 8.90. The van der Waals surface area contributed by atoms with E-state index in [0.717, 1.165) is 10.4 Å². The highest BCUT2D eigenvalue weighted by Crippen LogP contribution is 2.31. The number of benzene rings is 2. The smallest absolute Gasteiger partial charge is 0.273 e. The number of hydrogen-bond donors (Lipinski definition) is 2. The van der Waals surface area contributed by atoms with Crippen LogP contribution < -0.4 is 20.8 Å². The number of rotatable bonds is 9. The van der Waals surface area contributed by atoms with Gasteiger partial charge in [0.15, 0.2) is 0 Å². The van der Waals surface area contributed by atoms with Crippen LogP contribution in [0.25, 0.3) is 27.7 Å². The molecule has 0 bridgehead atoms. The van der Waals surface area contributed by atoms with E-state index in [4.69, 9.17) is 30.6 Å². The Labute approximate surface area is 234 Å². The summed E-state index contributed by atoms with van der Waals surface area (Å²) < 4.78 is 12.1. The van der Waals surface area contributed by atoms with Crippen molar-refractivity contribution in [1.82, 2.24) is 19.5 Å². The fraction of sp³-hybridized carbons (Fsp3) is 0.172. The van der Waals surface area contributed by atoms with Crippen LogP contribution in [0.1, 0.15) is 29.6 Å². The van der Waals surface area contributed by atoms with E-state index >= 15 is 0 Å². The standard InChI is InChI=1S/C29H27N7O3S/c1-17(34-26(31)21(15-30)23-16-33-29(39-3)40-23)27-35-22-11-7-10-20(18-12-13-32-24(14-18)38-2)25(22)28(37)36(27)19-8-5-4-6-9-19/h4-17,21,30H,1-3H3,(H2,31,34). The molecule has 0 aliphatic carbocycles. The average molecular weight is 554 g/mol. The Morgan fingerprint density at radius 3 is 2.60 bits per heavy atom. The van der Waals surface area contributed by atoms with E-state index in [1.165, 1.54) is 24.7 Å². The van der Waals surface area contributed by atoms with Gasteiger partial charge in [-0.15, -0.1) is 0 Å². The summed E-state index contributed by atoms with van der Waals surface area (Å²) in [6, 6.07) is 17.9. The van der Waals surface area contributed by atoms with Gasteiger partial charge >= 0.3 is 0 Å². The van der Waals surface area contributed by atoms with E-state index in [9.17, 15) is 4.79 Å². The first-order valence-corrected chi connectivity index (χ1v) is 13.2. The molecule has 0 fully saturated rings. The number of amidine groups is 1. The lowest BCUT2D eigenvalue weighted by Gasteiger charge is -2.19. The molecular weight excluding hydrogens is 526 g/mol. The SMILES string of the molecule is COc1cc(-c2cccc3nc(C(C)N=C(N)C(C=N)c4cnc(OC)s4)n(-c4ccccc4)c(=O)c23)ccn1. The summed E-state index contributed by atoms with van der Waals surface area (Å²) in [7, 11) is 3.08. The Morgan fingerprint density at radius 1 is 1.10 bits per heavy atom. The highest BCUT2D eigenvalue weighted by molar-refractivity contribution is 7.13. The lowest BCUT2D eigenvalue weighted by molar-refractivity contribution is 0.398. The molecule has 0 radical (unpaired) electrons. The van der Waals surface area contributed by atoms with Gasteiger partial charge in [0.05, 0.1) is 36.7 Å². The molecule has 3 N–H and O–H groups in total. The highest BCUT2D eigenvalue weighted by Gasteiger charge is 2.23. The molecule has 0 spiro atoms. The zero-order chi connectivity index (χ0) is 28.2. The maximum Gasteiger partial charge on any atom is 0.273 e. The van der Waals surface area contributed by atoms with E-state index in [1.807, 2.05) is 55.5 Å². The number of nitrogens with one attached hydrogen (secondary N) is 1. The van der Waals surface area contributed by atoms with Crippen LogP contribution in [-0.4, -0.2) is 45.8 Å². The Kier molecular flexibility index (Phi) is 7.65. The van der Waals surface area contributed by atoms with Crippen LogP contribution in [0, 0.1) is 5.41 Å². The number of methoxy groups -OCH3 is 2. The van der Waals surface area contributed by atoms with Gasteiger partial charge in [-0.25, -0.2) is 15.0 Å². The number of nitrogens with two attached hydrogens (primary N) is 1. The molecule has 0 saturated heterocycles. The van der Waals surface area contributed by atoms with Crippen LogP contribution in [0.4, 0.5) is 0 Å². The molecule has 5 aromatic rings. The van der Waals surface area contributed by atoms with Crippen molar-refractivity contribution in [3.63, 3.8) is 0 Å². The van der Waals surface area contributed by atoms with Gasteiger partial charge in [-0.05, 0) is 42.3 Å². The molecule has 3 heterocycles. The summed E-state index contributed by atoms with van der Waals surface area (Å²) >= 11 is 1.29. The fourth-order valence-electron chi connectivity index (χ4n) is 4.47. The minimum absolute atomic E-state index is 0.209. The van der Waals surface area contributed by atoms with E-state index in [0.29, 0.717) is 39.1 Å². The minimum Gasteiger partial charge on any atom is -0.481 e. The van der Waals surface area contributed by atoms with Crippen LogP contribution in [0.5, 0.6) is 11.1 Å². The van der Waals surface area contributed by atoms with Crippen molar-refractivity contribution >= 4 is 34.3 Å². The number of nitrogens with zero attached hydrogens (tertiary/aromatic N) is 5. The van der Waals surface area contributed by atoms with Gasteiger partial charge in [0.1, 0.15) is 17.7 Å². The lowest BCUT2D eigenvalue weighted by Crippen LogP contribution is -2.27. The molecule has 2 unspecified atom stereocenters. The largest absolute Gasteiger partial charge is 0.481 e. The molecule has 2 aromatic carbocycles. The molecule has 40 heavy (non-hydrogen) atoms. The molecule has 3 aromatic heterocycles. The Morgan fingerprint density at radius 2 is 1.90 bits per heavy atom. The molecule has 10 nitrogen and oxygen atoms in total. The van der Waals surface area contributed by atoms with Crippen molar-refractivity contribution in [1.29, 1.82) is 5.41 Å². The Bertz CT molecular complexity index is 1770. The second-order valence-corrected chi connectivity index (χ2v) is 9.86. The highest BCUT2D eigenvalue weighted by atomic mass is 32.1. The predicted octanol–water partition coefficient (Wildman–Crippen LogP) is 4.77. The maximum absolute atomic E-state index is 14.3. The van der Waals surface area contributed by atoms with Gasteiger partial charge < -0.3 is 20.6 Å². The normalized spacial score (nSPS) is 13.1. The zero-order valence-electron chi connectivity index (χ0n) is 22.1. The van der Waals surface area contributed by atoms with Crippen molar-refractivity contribution in [3.05, 3.63) is 94.1 Å². The van der Waals surface area contributed by atoms with Crippen LogP contribution in [0.3, 0.4) is 0 Å². The summed E-state index contributed by atoms with van der Waals surface area (Å²) in [6.07, 6.45) is 4.48. The number of aliphatic imine (C=N–C) groups is 1. The molecule has 0 aliphatic heterocycles. The lowest BCUT2D eigenvalue weighted by atomic mass is 10.0. The first-order chi connectivity index (χ1) is 19.4. The number of ether oxygens (including phenoxy) is 2. The minimum atomic E-state index is -0.612. The molecule has 0 saturated carbocycles. The summed E-state index contributed by atoms with van der Waals surface area (Å²) in [5.74, 6) is 0.483. The van der Waals surface area contributed by atoms with Crippen LogP contribution in [0.15, 0.2) is 82.8 Å². The first kappa shape index (κ1) is 26.7. The van der Waals surface area contributed by atoms with Gasteiger partial charge in [0, 0.05) is 29.6 Å². The van der Waals surface area contributed by atoms with Crippen molar-refractivity contribution in [2.45, 2.75) is 18.9 Å². The molecule has 11 heteroatoms. The number of hydrogen-bond acceptors (Lipinski definition) is 9. The van der Waals surface area contributed by atoms with E-state index in [2.05, 4.69) is 9.97 Å². The molecular formula is C29H27N7O3S.